The lowest BCUT2D eigenvalue weighted by atomic mass is 10.1. The largest absolute Gasteiger partial charge is 0.384 e. The number of ether oxygens (including phenoxy) is 2. The van der Waals surface area contributed by atoms with Crippen molar-refractivity contribution >= 4 is 15.9 Å². The van der Waals surface area contributed by atoms with Crippen molar-refractivity contribution in [3.05, 3.63) is 16.4 Å². The number of aliphatic hydroxyl groups excluding tert-OH is 1. The van der Waals surface area contributed by atoms with Crippen LogP contribution in [0.25, 0.3) is 0 Å². The molecule has 2 atom stereocenters. The van der Waals surface area contributed by atoms with Gasteiger partial charge in [0.05, 0.1) is 36.1 Å². The maximum absolute atomic E-state index is 10.5. The summed E-state index contributed by atoms with van der Waals surface area (Å²) in [4.78, 5) is 2.15. The minimum absolute atomic E-state index is 0.229. The molecule has 0 bridgehead atoms. The van der Waals surface area contributed by atoms with Crippen LogP contribution in [0.4, 0.5) is 0 Å². The number of aromatic nitrogens is 2. The predicted molar refractivity (Wildman–Crippen MR) is 74.0 cm³/mol. The second kappa shape index (κ2) is 6.81. The number of morpholine rings is 1. The second-order valence-corrected chi connectivity index (χ2v) is 5.56. The Kier molecular flexibility index (Phi) is 5.35. The summed E-state index contributed by atoms with van der Waals surface area (Å²) in [6.45, 7) is 3.41. The van der Waals surface area contributed by atoms with Gasteiger partial charge in [-0.25, -0.2) is 0 Å². The molecule has 0 saturated carbocycles. The van der Waals surface area contributed by atoms with Crippen molar-refractivity contribution < 1.29 is 14.6 Å². The molecule has 1 aliphatic rings. The third-order valence-corrected chi connectivity index (χ3v) is 3.88. The van der Waals surface area contributed by atoms with E-state index in [2.05, 4.69) is 25.9 Å². The number of rotatable bonds is 5. The molecule has 7 heteroatoms. The van der Waals surface area contributed by atoms with Crippen LogP contribution in [0.1, 0.15) is 11.8 Å². The van der Waals surface area contributed by atoms with Gasteiger partial charge in [0.15, 0.2) is 0 Å². The van der Waals surface area contributed by atoms with E-state index in [1.54, 1.807) is 18.0 Å². The first-order valence-corrected chi connectivity index (χ1v) is 7.11. The Morgan fingerprint density at radius 3 is 3.16 bits per heavy atom. The van der Waals surface area contributed by atoms with Gasteiger partial charge in [0.1, 0.15) is 12.2 Å². The molecular weight excluding hydrogens is 314 g/mol. The lowest BCUT2D eigenvalue weighted by Gasteiger charge is -2.33. The normalized spacial score (nSPS) is 22.6. The topological polar surface area (TPSA) is 59.8 Å². The van der Waals surface area contributed by atoms with Gasteiger partial charge in [-0.3, -0.25) is 4.68 Å². The predicted octanol–water partition coefficient (Wildman–Crippen LogP) is 0.656. The molecule has 1 aliphatic heterocycles. The average Bonchev–Trinajstić information content (AvgIpc) is 2.76. The van der Waals surface area contributed by atoms with E-state index in [1.165, 1.54) is 0 Å². The molecule has 1 N–H and O–H groups in total. The smallest absolute Gasteiger partial charge is 0.124 e. The molecule has 1 saturated heterocycles. The summed E-state index contributed by atoms with van der Waals surface area (Å²) >= 11 is 3.44. The van der Waals surface area contributed by atoms with Gasteiger partial charge in [0.25, 0.3) is 0 Å². The highest BCUT2D eigenvalue weighted by molar-refractivity contribution is 9.10. The van der Waals surface area contributed by atoms with Gasteiger partial charge < -0.3 is 19.5 Å². The van der Waals surface area contributed by atoms with Crippen molar-refractivity contribution in [3.8, 4) is 0 Å². The van der Waals surface area contributed by atoms with Gasteiger partial charge in [-0.15, -0.1) is 0 Å². The average molecular weight is 334 g/mol. The highest BCUT2D eigenvalue weighted by Crippen LogP contribution is 2.28. The first-order valence-electron chi connectivity index (χ1n) is 6.32. The van der Waals surface area contributed by atoms with Crippen molar-refractivity contribution in [1.82, 2.24) is 14.7 Å². The molecule has 1 fully saturated rings. The number of hydrogen-bond donors (Lipinski definition) is 1. The maximum Gasteiger partial charge on any atom is 0.124 e. The van der Waals surface area contributed by atoms with Crippen LogP contribution >= 0.6 is 15.9 Å². The van der Waals surface area contributed by atoms with E-state index in [9.17, 15) is 5.11 Å². The summed E-state index contributed by atoms with van der Waals surface area (Å²) in [5, 5.41) is 14.8. The van der Waals surface area contributed by atoms with Gasteiger partial charge in [-0.2, -0.15) is 5.10 Å². The lowest BCUT2D eigenvalue weighted by Crippen LogP contribution is -2.43. The molecule has 2 heterocycles. The minimum Gasteiger partial charge on any atom is -0.384 e. The number of halogens is 1. The highest BCUT2D eigenvalue weighted by Gasteiger charge is 2.30. The fourth-order valence-corrected chi connectivity index (χ4v) is 2.73. The van der Waals surface area contributed by atoms with Crippen molar-refractivity contribution in [1.29, 1.82) is 0 Å². The van der Waals surface area contributed by atoms with Crippen LogP contribution in [-0.2, 0) is 16.0 Å². The quantitative estimate of drug-likeness (QED) is 0.857. The molecule has 0 spiro atoms. The standard InChI is InChI=1S/C12H20BrN3O3/c1-15-3-6-19-10(8-15)12(17)11-9(13)7-14-16(11)4-5-18-2/h7,10,12,17H,3-6,8H2,1-2H3. The van der Waals surface area contributed by atoms with E-state index in [0.717, 1.165) is 16.7 Å². The van der Waals surface area contributed by atoms with E-state index in [1.807, 2.05) is 7.05 Å². The van der Waals surface area contributed by atoms with Crippen molar-refractivity contribution in [2.45, 2.75) is 18.8 Å². The van der Waals surface area contributed by atoms with Gasteiger partial charge in [-0.05, 0) is 23.0 Å². The Morgan fingerprint density at radius 2 is 2.47 bits per heavy atom. The molecule has 0 radical (unpaired) electrons. The Hall–Kier alpha value is -0.470. The zero-order chi connectivity index (χ0) is 13.8. The number of hydrogen-bond acceptors (Lipinski definition) is 5. The molecule has 108 valence electrons. The number of likely N-dealkylation sites (N-methyl/N-ethyl adjacent to an activating group) is 1. The fourth-order valence-electron chi connectivity index (χ4n) is 2.20. The zero-order valence-electron chi connectivity index (χ0n) is 11.3. The summed E-state index contributed by atoms with van der Waals surface area (Å²) in [6, 6.07) is 0. The van der Waals surface area contributed by atoms with E-state index >= 15 is 0 Å². The summed E-state index contributed by atoms with van der Waals surface area (Å²) in [5.74, 6) is 0. The van der Waals surface area contributed by atoms with Gasteiger partial charge in [0.2, 0.25) is 0 Å². The molecule has 1 aromatic rings. The fraction of sp³-hybridized carbons (Fsp3) is 0.750. The zero-order valence-corrected chi connectivity index (χ0v) is 12.8. The Labute approximate surface area is 121 Å². The molecule has 2 rings (SSSR count). The molecular formula is C12H20BrN3O3. The third-order valence-electron chi connectivity index (χ3n) is 3.27. The Morgan fingerprint density at radius 1 is 1.68 bits per heavy atom. The first-order chi connectivity index (χ1) is 9.13. The van der Waals surface area contributed by atoms with E-state index in [-0.39, 0.29) is 6.10 Å². The van der Waals surface area contributed by atoms with E-state index in [4.69, 9.17) is 9.47 Å². The SMILES string of the molecule is COCCn1ncc(Br)c1C(O)C1CN(C)CCO1. The number of aliphatic hydroxyl groups is 1. The molecule has 2 unspecified atom stereocenters. The lowest BCUT2D eigenvalue weighted by molar-refractivity contribution is -0.0872. The minimum atomic E-state index is -0.698. The maximum atomic E-state index is 10.5. The number of methoxy groups -OCH3 is 1. The summed E-state index contributed by atoms with van der Waals surface area (Å²) in [5.41, 5.74) is 0.748. The molecule has 0 aromatic carbocycles. The summed E-state index contributed by atoms with van der Waals surface area (Å²) in [6.07, 6.45) is 0.769. The number of nitrogens with zero attached hydrogens (tertiary/aromatic N) is 3. The van der Waals surface area contributed by atoms with Crippen LogP contribution in [0, 0.1) is 0 Å². The molecule has 19 heavy (non-hydrogen) atoms. The van der Waals surface area contributed by atoms with Crippen molar-refractivity contribution in [3.63, 3.8) is 0 Å². The Bertz CT molecular complexity index is 413. The van der Waals surface area contributed by atoms with Crippen molar-refractivity contribution in [2.24, 2.45) is 0 Å². The van der Waals surface area contributed by atoms with Crippen LogP contribution in [0.3, 0.4) is 0 Å². The van der Waals surface area contributed by atoms with Crippen molar-refractivity contribution in [2.75, 3.05) is 40.5 Å². The van der Waals surface area contributed by atoms with E-state index in [0.29, 0.717) is 26.3 Å². The van der Waals surface area contributed by atoms with Crippen LogP contribution in [-0.4, -0.2) is 66.4 Å². The molecule has 1 aromatic heterocycles. The van der Waals surface area contributed by atoms with E-state index < -0.39 is 6.10 Å². The van der Waals surface area contributed by atoms with Gasteiger partial charge in [-0.1, -0.05) is 0 Å². The second-order valence-electron chi connectivity index (χ2n) is 4.71. The van der Waals surface area contributed by atoms with Crippen LogP contribution in [0.2, 0.25) is 0 Å². The van der Waals surface area contributed by atoms with Gasteiger partial charge in [0, 0.05) is 20.2 Å². The molecule has 0 aliphatic carbocycles. The van der Waals surface area contributed by atoms with Crippen LogP contribution < -0.4 is 0 Å². The third kappa shape index (κ3) is 3.55. The summed E-state index contributed by atoms with van der Waals surface area (Å²) in [7, 11) is 3.67. The summed E-state index contributed by atoms with van der Waals surface area (Å²) < 4.78 is 13.3. The highest BCUT2D eigenvalue weighted by atomic mass is 79.9. The monoisotopic (exact) mass is 333 g/mol. The first kappa shape index (κ1) is 14.9. The van der Waals surface area contributed by atoms with Crippen LogP contribution in [0.5, 0.6) is 0 Å². The van der Waals surface area contributed by atoms with Crippen LogP contribution in [0.15, 0.2) is 10.7 Å². The Balaban J connectivity index is 2.12. The molecule has 0 amide bonds. The molecule has 6 nitrogen and oxygen atoms in total. The van der Waals surface area contributed by atoms with Gasteiger partial charge >= 0.3 is 0 Å².